The molecule has 0 radical (unpaired) electrons. The Morgan fingerprint density at radius 1 is 1.23 bits per heavy atom. The van der Waals surface area contributed by atoms with Crippen LogP contribution in [0, 0.1) is 0 Å². The van der Waals surface area contributed by atoms with E-state index in [2.05, 4.69) is 6.07 Å². The van der Waals surface area contributed by atoms with E-state index in [1.165, 1.54) is 34.2 Å². The molecule has 1 aromatic carbocycles. The summed E-state index contributed by atoms with van der Waals surface area (Å²) in [6.07, 6.45) is 5.17. The fourth-order valence-corrected chi connectivity index (χ4v) is 6.72. The van der Waals surface area contributed by atoms with Crippen molar-refractivity contribution in [1.82, 2.24) is 9.55 Å². The van der Waals surface area contributed by atoms with Gasteiger partial charge in [-0.3, -0.25) is 14.2 Å². The number of hydrogen-bond acceptors (Lipinski definition) is 6. The van der Waals surface area contributed by atoms with Crippen molar-refractivity contribution in [3.63, 3.8) is 0 Å². The minimum atomic E-state index is 0.00270. The standard InChI is InChI=1S/C23H25N3O3S2/c1-29-13-12-26-22(28)20-16-7-3-5-9-18(16)31-21(20)24-23(26)30-14-19(27)25-11-10-15-6-2-4-8-17(15)25/h2,4,6,8H,3,5,7,9-14H2,1H3. The number of fused-ring (bicyclic) bond motifs is 4. The first kappa shape index (κ1) is 20.7. The molecule has 162 valence electrons. The maximum atomic E-state index is 13.4. The van der Waals surface area contributed by atoms with Gasteiger partial charge in [0.1, 0.15) is 4.83 Å². The summed E-state index contributed by atoms with van der Waals surface area (Å²) in [7, 11) is 1.63. The van der Waals surface area contributed by atoms with Crippen LogP contribution in [0.3, 0.4) is 0 Å². The van der Waals surface area contributed by atoms with Crippen LogP contribution in [0.15, 0.2) is 34.2 Å². The first-order valence-electron chi connectivity index (χ1n) is 10.7. The van der Waals surface area contributed by atoms with E-state index in [0.29, 0.717) is 24.9 Å². The molecule has 0 fully saturated rings. The predicted molar refractivity (Wildman–Crippen MR) is 126 cm³/mol. The van der Waals surface area contributed by atoms with Crippen molar-refractivity contribution in [2.75, 3.05) is 30.9 Å². The summed E-state index contributed by atoms with van der Waals surface area (Å²) >= 11 is 3.00. The van der Waals surface area contributed by atoms with Gasteiger partial charge >= 0.3 is 0 Å². The second-order valence-electron chi connectivity index (χ2n) is 7.95. The molecular formula is C23H25N3O3S2. The Bertz CT molecular complexity index is 1200. The van der Waals surface area contributed by atoms with Crippen LogP contribution in [0.1, 0.15) is 28.8 Å². The smallest absolute Gasteiger partial charge is 0.263 e. The number of thioether (sulfide) groups is 1. The summed E-state index contributed by atoms with van der Waals surface area (Å²) in [5.74, 6) is 0.303. The highest BCUT2D eigenvalue weighted by Crippen LogP contribution is 2.35. The number of anilines is 1. The molecule has 1 aliphatic heterocycles. The summed E-state index contributed by atoms with van der Waals surface area (Å²) in [6.45, 7) is 1.58. The third-order valence-corrected chi connectivity index (χ3v) is 8.22. The van der Waals surface area contributed by atoms with Crippen molar-refractivity contribution >= 4 is 44.9 Å². The average Bonchev–Trinajstić information content (AvgIpc) is 3.38. The Labute approximate surface area is 189 Å². The number of nitrogens with zero attached hydrogens (tertiary/aromatic N) is 3. The predicted octanol–water partition coefficient (Wildman–Crippen LogP) is 3.66. The third kappa shape index (κ3) is 3.81. The minimum absolute atomic E-state index is 0.00270. The van der Waals surface area contributed by atoms with Crippen LogP contribution in [0.4, 0.5) is 5.69 Å². The van der Waals surface area contributed by atoms with E-state index in [1.807, 2.05) is 23.1 Å². The van der Waals surface area contributed by atoms with Crippen molar-refractivity contribution < 1.29 is 9.53 Å². The van der Waals surface area contributed by atoms with Crippen LogP contribution >= 0.6 is 23.1 Å². The van der Waals surface area contributed by atoms with E-state index in [9.17, 15) is 9.59 Å². The summed E-state index contributed by atoms with van der Waals surface area (Å²) < 4.78 is 6.94. The maximum absolute atomic E-state index is 13.4. The molecule has 3 heterocycles. The van der Waals surface area contributed by atoms with Crippen molar-refractivity contribution in [3.05, 3.63) is 50.6 Å². The molecule has 0 atom stereocenters. The lowest BCUT2D eigenvalue weighted by atomic mass is 9.97. The number of carbonyl (C=O) groups is 1. The monoisotopic (exact) mass is 455 g/mol. The van der Waals surface area contributed by atoms with Gasteiger partial charge in [-0.25, -0.2) is 4.98 Å². The van der Waals surface area contributed by atoms with Crippen molar-refractivity contribution in [2.24, 2.45) is 0 Å². The zero-order valence-corrected chi connectivity index (χ0v) is 19.2. The lowest BCUT2D eigenvalue weighted by Gasteiger charge is -2.18. The largest absolute Gasteiger partial charge is 0.383 e. The van der Waals surface area contributed by atoms with E-state index in [4.69, 9.17) is 9.72 Å². The molecule has 0 unspecified atom stereocenters. The van der Waals surface area contributed by atoms with Crippen LogP contribution in [0.2, 0.25) is 0 Å². The van der Waals surface area contributed by atoms with Gasteiger partial charge in [0.2, 0.25) is 5.91 Å². The minimum Gasteiger partial charge on any atom is -0.383 e. The molecule has 0 spiro atoms. The molecule has 0 saturated heterocycles. The SMILES string of the molecule is COCCn1c(SCC(=O)N2CCc3ccccc32)nc2sc3c(c2c1=O)CCCC3. The Morgan fingerprint density at radius 3 is 2.94 bits per heavy atom. The van der Waals surface area contributed by atoms with E-state index < -0.39 is 0 Å². The van der Waals surface area contributed by atoms with Gasteiger partial charge in [-0.15, -0.1) is 11.3 Å². The van der Waals surface area contributed by atoms with Crippen molar-refractivity contribution in [3.8, 4) is 0 Å². The number of aromatic nitrogens is 2. The number of para-hydroxylation sites is 1. The quantitative estimate of drug-likeness (QED) is 0.419. The van der Waals surface area contributed by atoms with Gasteiger partial charge in [-0.05, 0) is 49.3 Å². The number of benzene rings is 1. The number of rotatable bonds is 6. The Balaban J connectivity index is 1.45. The number of thiophene rings is 1. The average molecular weight is 456 g/mol. The van der Waals surface area contributed by atoms with Crippen LogP contribution in [-0.4, -0.2) is 41.5 Å². The molecule has 0 bridgehead atoms. The van der Waals surface area contributed by atoms with Crippen LogP contribution in [0.5, 0.6) is 0 Å². The first-order valence-corrected chi connectivity index (χ1v) is 12.5. The lowest BCUT2D eigenvalue weighted by molar-refractivity contribution is -0.116. The van der Waals surface area contributed by atoms with E-state index in [0.717, 1.165) is 41.6 Å². The van der Waals surface area contributed by atoms with Gasteiger partial charge in [0, 0.05) is 24.2 Å². The van der Waals surface area contributed by atoms with E-state index in [1.54, 1.807) is 23.0 Å². The highest BCUT2D eigenvalue weighted by molar-refractivity contribution is 7.99. The highest BCUT2D eigenvalue weighted by atomic mass is 32.2. The van der Waals surface area contributed by atoms with Crippen molar-refractivity contribution in [2.45, 2.75) is 43.8 Å². The summed E-state index contributed by atoms with van der Waals surface area (Å²) in [6, 6.07) is 8.05. The molecule has 8 heteroatoms. The fraction of sp³-hybridized carbons (Fsp3) is 0.435. The molecule has 6 nitrogen and oxygen atoms in total. The molecule has 3 aromatic rings. The van der Waals surface area contributed by atoms with Gasteiger partial charge in [0.15, 0.2) is 5.16 Å². The lowest BCUT2D eigenvalue weighted by Crippen LogP contribution is -2.31. The molecule has 2 aliphatic rings. The van der Waals surface area contributed by atoms with Crippen molar-refractivity contribution in [1.29, 1.82) is 0 Å². The zero-order chi connectivity index (χ0) is 21.4. The maximum Gasteiger partial charge on any atom is 0.263 e. The fourth-order valence-electron chi connectivity index (χ4n) is 4.51. The molecule has 1 aliphatic carbocycles. The third-order valence-electron chi connectivity index (χ3n) is 6.07. The molecule has 2 aromatic heterocycles. The number of carbonyl (C=O) groups excluding carboxylic acids is 1. The normalized spacial score (nSPS) is 15.3. The Kier molecular flexibility index (Phi) is 5.86. The van der Waals surface area contributed by atoms with Gasteiger partial charge in [-0.2, -0.15) is 0 Å². The van der Waals surface area contributed by atoms with Gasteiger partial charge in [-0.1, -0.05) is 30.0 Å². The van der Waals surface area contributed by atoms with E-state index in [-0.39, 0.29) is 17.2 Å². The number of hydrogen-bond donors (Lipinski definition) is 0. The van der Waals surface area contributed by atoms with Crippen LogP contribution < -0.4 is 10.5 Å². The molecule has 0 saturated carbocycles. The number of amides is 1. The van der Waals surface area contributed by atoms with Gasteiger partial charge < -0.3 is 9.64 Å². The number of ether oxygens (including phenoxy) is 1. The topological polar surface area (TPSA) is 64.4 Å². The summed E-state index contributed by atoms with van der Waals surface area (Å²) in [4.78, 5) is 35.2. The van der Waals surface area contributed by atoms with Gasteiger partial charge in [0.05, 0.1) is 24.3 Å². The Morgan fingerprint density at radius 2 is 2.06 bits per heavy atom. The highest BCUT2D eigenvalue weighted by Gasteiger charge is 2.26. The van der Waals surface area contributed by atoms with Crippen LogP contribution in [-0.2, 0) is 35.3 Å². The molecule has 1 amide bonds. The molecular weight excluding hydrogens is 430 g/mol. The van der Waals surface area contributed by atoms with E-state index >= 15 is 0 Å². The Hall–Kier alpha value is -2.16. The second kappa shape index (κ2) is 8.76. The molecule has 5 rings (SSSR count). The summed E-state index contributed by atoms with van der Waals surface area (Å²) in [5.41, 5.74) is 3.40. The number of aryl methyl sites for hydroxylation is 2. The molecule has 31 heavy (non-hydrogen) atoms. The second-order valence-corrected chi connectivity index (χ2v) is 9.97. The zero-order valence-electron chi connectivity index (χ0n) is 17.6. The van der Waals surface area contributed by atoms with Crippen LogP contribution in [0.25, 0.3) is 10.2 Å². The summed E-state index contributed by atoms with van der Waals surface area (Å²) in [5, 5.41) is 1.38. The van der Waals surface area contributed by atoms with Gasteiger partial charge in [0.25, 0.3) is 5.56 Å². The first-order chi connectivity index (χ1) is 15.2. The number of methoxy groups -OCH3 is 1. The molecule has 0 N–H and O–H groups in total.